The average molecular weight is 362 g/mol. The molecule has 1 saturated heterocycles. The van der Waals surface area contributed by atoms with E-state index in [-0.39, 0.29) is 23.1 Å². The highest BCUT2D eigenvalue weighted by atomic mass is 35.5. The molecule has 1 aromatic carbocycles. The summed E-state index contributed by atoms with van der Waals surface area (Å²) in [5.74, 6) is -1.11. The molecular weight excluding hydrogens is 345 g/mol. The van der Waals surface area contributed by atoms with Crippen LogP contribution < -0.4 is 0 Å². The molecule has 0 bridgehead atoms. The van der Waals surface area contributed by atoms with Crippen LogP contribution in [0.4, 0.5) is 4.39 Å². The van der Waals surface area contributed by atoms with E-state index in [9.17, 15) is 14.0 Å². The van der Waals surface area contributed by atoms with Gasteiger partial charge in [0.25, 0.3) is 11.8 Å². The number of halogens is 2. The Bertz CT molecular complexity index is 799. The second kappa shape index (κ2) is 7.61. The van der Waals surface area contributed by atoms with E-state index in [4.69, 9.17) is 11.6 Å². The Morgan fingerprint density at radius 1 is 1.00 bits per heavy atom. The van der Waals surface area contributed by atoms with Gasteiger partial charge in [-0.3, -0.25) is 14.6 Å². The number of benzene rings is 1. The largest absolute Gasteiger partial charge is 0.337 e. The van der Waals surface area contributed by atoms with Crippen LogP contribution in [0, 0.1) is 5.82 Å². The van der Waals surface area contributed by atoms with Gasteiger partial charge in [-0.15, -0.1) is 0 Å². The lowest BCUT2D eigenvalue weighted by molar-refractivity contribution is 0.0713. The van der Waals surface area contributed by atoms with E-state index in [1.807, 2.05) is 0 Å². The number of amides is 2. The Hall–Kier alpha value is -2.47. The molecule has 2 amide bonds. The minimum Gasteiger partial charge on any atom is -0.337 e. The van der Waals surface area contributed by atoms with Gasteiger partial charge in [0.1, 0.15) is 11.5 Å². The zero-order valence-corrected chi connectivity index (χ0v) is 14.2. The fourth-order valence-electron chi connectivity index (χ4n) is 2.81. The second-order valence-electron chi connectivity index (χ2n) is 5.78. The summed E-state index contributed by atoms with van der Waals surface area (Å²) < 4.78 is 13.8. The van der Waals surface area contributed by atoms with E-state index in [2.05, 4.69) is 4.98 Å². The van der Waals surface area contributed by atoms with Gasteiger partial charge in [0, 0.05) is 37.4 Å². The smallest absolute Gasteiger partial charge is 0.272 e. The summed E-state index contributed by atoms with van der Waals surface area (Å²) in [4.78, 5) is 32.3. The number of pyridine rings is 1. The van der Waals surface area contributed by atoms with Crippen molar-refractivity contribution >= 4 is 23.4 Å². The fraction of sp³-hybridized carbons (Fsp3) is 0.278. The summed E-state index contributed by atoms with van der Waals surface area (Å²) in [5, 5.41) is 0.449. The molecule has 1 fully saturated rings. The molecular formula is C18H17ClFN3O2. The lowest BCUT2D eigenvalue weighted by Crippen LogP contribution is -2.37. The quantitative estimate of drug-likeness (QED) is 0.826. The summed E-state index contributed by atoms with van der Waals surface area (Å²) in [5.41, 5.74) is 0.333. The Labute approximate surface area is 150 Å². The number of carbonyl (C=O) groups is 2. The van der Waals surface area contributed by atoms with Crippen LogP contribution in [0.1, 0.15) is 27.3 Å². The molecule has 0 atom stereocenters. The normalized spacial score (nSPS) is 15.0. The molecule has 7 heteroatoms. The van der Waals surface area contributed by atoms with Gasteiger partial charge in [-0.25, -0.2) is 4.39 Å². The maximum absolute atomic E-state index is 13.8. The van der Waals surface area contributed by atoms with Crippen LogP contribution in [-0.4, -0.2) is 52.8 Å². The highest BCUT2D eigenvalue weighted by Crippen LogP contribution is 2.15. The minimum absolute atomic E-state index is 0.0544. The van der Waals surface area contributed by atoms with Crippen molar-refractivity contribution in [1.82, 2.24) is 14.8 Å². The average Bonchev–Trinajstić information content (AvgIpc) is 2.87. The van der Waals surface area contributed by atoms with Crippen molar-refractivity contribution in [3.05, 3.63) is 64.7 Å². The van der Waals surface area contributed by atoms with Crippen LogP contribution >= 0.6 is 11.6 Å². The van der Waals surface area contributed by atoms with E-state index < -0.39 is 5.82 Å². The van der Waals surface area contributed by atoms with Crippen LogP contribution in [-0.2, 0) is 0 Å². The molecule has 1 aliphatic rings. The third-order valence-corrected chi connectivity index (χ3v) is 4.35. The van der Waals surface area contributed by atoms with Gasteiger partial charge >= 0.3 is 0 Å². The van der Waals surface area contributed by atoms with E-state index in [0.29, 0.717) is 37.6 Å². The SMILES string of the molecule is O=C(c1cc(Cl)ccn1)N1CCCN(C(=O)c2ccccc2F)CC1. The Morgan fingerprint density at radius 2 is 1.68 bits per heavy atom. The van der Waals surface area contributed by atoms with Crippen molar-refractivity contribution in [2.24, 2.45) is 0 Å². The second-order valence-corrected chi connectivity index (χ2v) is 6.21. The first-order valence-electron chi connectivity index (χ1n) is 8.01. The van der Waals surface area contributed by atoms with Crippen LogP contribution in [0.25, 0.3) is 0 Å². The third-order valence-electron chi connectivity index (χ3n) is 4.12. The van der Waals surface area contributed by atoms with Crippen molar-refractivity contribution in [3.63, 3.8) is 0 Å². The number of carbonyl (C=O) groups excluding carboxylic acids is 2. The number of rotatable bonds is 2. The van der Waals surface area contributed by atoms with Gasteiger partial charge in [-0.1, -0.05) is 23.7 Å². The summed E-state index contributed by atoms with van der Waals surface area (Å²) in [7, 11) is 0. The summed E-state index contributed by atoms with van der Waals surface area (Å²) in [6, 6.07) is 9.06. The van der Waals surface area contributed by atoms with Crippen molar-refractivity contribution < 1.29 is 14.0 Å². The molecule has 0 N–H and O–H groups in total. The molecule has 130 valence electrons. The molecule has 3 rings (SSSR count). The summed E-state index contributed by atoms with van der Waals surface area (Å²) in [6.07, 6.45) is 2.11. The molecule has 5 nitrogen and oxygen atoms in total. The number of hydrogen-bond acceptors (Lipinski definition) is 3. The maximum atomic E-state index is 13.8. The van der Waals surface area contributed by atoms with E-state index in [1.165, 1.54) is 24.4 Å². The monoisotopic (exact) mass is 361 g/mol. The van der Waals surface area contributed by atoms with Crippen LogP contribution in [0.3, 0.4) is 0 Å². The van der Waals surface area contributed by atoms with Gasteiger partial charge in [0.2, 0.25) is 0 Å². The summed E-state index contributed by atoms with van der Waals surface area (Å²) in [6.45, 7) is 1.70. The van der Waals surface area contributed by atoms with Crippen molar-refractivity contribution in [2.75, 3.05) is 26.2 Å². The molecule has 2 heterocycles. The van der Waals surface area contributed by atoms with E-state index in [1.54, 1.807) is 28.0 Å². The Balaban J connectivity index is 1.69. The van der Waals surface area contributed by atoms with Crippen molar-refractivity contribution in [2.45, 2.75) is 6.42 Å². The predicted octanol–water partition coefficient (Wildman–Crippen LogP) is 2.86. The van der Waals surface area contributed by atoms with Gasteiger partial charge < -0.3 is 9.80 Å². The van der Waals surface area contributed by atoms with Crippen molar-refractivity contribution in [1.29, 1.82) is 0 Å². The molecule has 2 aromatic rings. The first kappa shape index (κ1) is 17.4. The molecule has 0 unspecified atom stereocenters. The molecule has 0 spiro atoms. The maximum Gasteiger partial charge on any atom is 0.272 e. The van der Waals surface area contributed by atoms with Gasteiger partial charge in [0.05, 0.1) is 5.56 Å². The number of aromatic nitrogens is 1. The lowest BCUT2D eigenvalue weighted by atomic mass is 10.2. The predicted molar refractivity (Wildman–Crippen MR) is 92.1 cm³/mol. The Kier molecular flexibility index (Phi) is 5.28. The number of hydrogen-bond donors (Lipinski definition) is 0. The lowest BCUT2D eigenvalue weighted by Gasteiger charge is -2.22. The zero-order valence-electron chi connectivity index (χ0n) is 13.5. The highest BCUT2D eigenvalue weighted by Gasteiger charge is 2.25. The minimum atomic E-state index is -0.534. The number of nitrogens with zero attached hydrogens (tertiary/aromatic N) is 3. The van der Waals surface area contributed by atoms with Gasteiger partial charge in [-0.2, -0.15) is 0 Å². The highest BCUT2D eigenvalue weighted by molar-refractivity contribution is 6.30. The zero-order chi connectivity index (χ0) is 17.8. The van der Waals surface area contributed by atoms with Crippen LogP contribution in [0.2, 0.25) is 5.02 Å². The van der Waals surface area contributed by atoms with E-state index in [0.717, 1.165) is 0 Å². The van der Waals surface area contributed by atoms with Crippen LogP contribution in [0.15, 0.2) is 42.6 Å². The standard InChI is InChI=1S/C18H17ClFN3O2/c19-13-6-7-21-16(12-13)18(25)23-9-3-8-22(10-11-23)17(24)14-4-1-2-5-15(14)20/h1-2,4-7,12H,3,8-11H2. The molecule has 1 aliphatic heterocycles. The summed E-state index contributed by atoms with van der Waals surface area (Å²) >= 11 is 5.91. The molecule has 1 aromatic heterocycles. The van der Waals surface area contributed by atoms with Gasteiger partial charge in [0.15, 0.2) is 0 Å². The fourth-order valence-corrected chi connectivity index (χ4v) is 2.97. The van der Waals surface area contributed by atoms with Crippen LogP contribution in [0.5, 0.6) is 0 Å². The van der Waals surface area contributed by atoms with E-state index >= 15 is 0 Å². The first-order chi connectivity index (χ1) is 12.1. The Morgan fingerprint density at radius 3 is 2.36 bits per heavy atom. The topological polar surface area (TPSA) is 53.5 Å². The third kappa shape index (κ3) is 3.96. The molecule has 0 aliphatic carbocycles. The molecule has 0 radical (unpaired) electrons. The first-order valence-corrected chi connectivity index (χ1v) is 8.38. The molecule has 25 heavy (non-hydrogen) atoms. The molecule has 0 saturated carbocycles. The van der Waals surface area contributed by atoms with Crippen molar-refractivity contribution in [3.8, 4) is 0 Å². The van der Waals surface area contributed by atoms with Gasteiger partial charge in [-0.05, 0) is 30.7 Å².